The molecular weight excluding hydrogens is 383 g/mol. The van der Waals surface area contributed by atoms with E-state index in [0.717, 1.165) is 18.2 Å². The first kappa shape index (κ1) is 21.4. The number of hydrogen-bond acceptors (Lipinski definition) is 3. The first-order chi connectivity index (χ1) is 13.1. The molecule has 0 aliphatic rings. The summed E-state index contributed by atoms with van der Waals surface area (Å²) in [6.45, 7) is -0.133. The van der Waals surface area contributed by atoms with Gasteiger partial charge in [0.2, 0.25) is 0 Å². The second-order valence-electron chi connectivity index (χ2n) is 6.01. The summed E-state index contributed by atoms with van der Waals surface area (Å²) in [4.78, 5) is 5.56. The number of para-hydroxylation sites is 2. The summed E-state index contributed by atoms with van der Waals surface area (Å²) in [6.07, 6.45) is -4.87. The number of aliphatic imine (C=N–C) groups is 1. The van der Waals surface area contributed by atoms with E-state index in [9.17, 15) is 22.0 Å². The van der Waals surface area contributed by atoms with Crippen LogP contribution < -0.4 is 15.8 Å². The van der Waals surface area contributed by atoms with Gasteiger partial charge in [0.1, 0.15) is 11.6 Å². The number of nitrogens with zero attached hydrogens (tertiary/aromatic N) is 2. The number of benzene rings is 2. The van der Waals surface area contributed by atoms with Gasteiger partial charge >= 0.3 is 6.36 Å². The molecule has 0 aliphatic carbocycles. The molecule has 3 N–H and O–H groups in total. The van der Waals surface area contributed by atoms with E-state index in [4.69, 9.17) is 5.73 Å². The fraction of sp³-hybridized carbons (Fsp3) is 0.278. The summed E-state index contributed by atoms with van der Waals surface area (Å²) < 4.78 is 69.5. The molecule has 0 heterocycles. The molecule has 0 spiro atoms. The number of likely N-dealkylation sites (N-methyl/N-ethyl adjacent to an activating group) is 1. The first-order valence-electron chi connectivity index (χ1n) is 8.10. The van der Waals surface area contributed by atoms with Gasteiger partial charge in [-0.05, 0) is 38.4 Å². The average molecular weight is 402 g/mol. The van der Waals surface area contributed by atoms with Crippen LogP contribution in [0.1, 0.15) is 11.6 Å². The molecule has 28 heavy (non-hydrogen) atoms. The highest BCUT2D eigenvalue weighted by Crippen LogP contribution is 2.30. The molecule has 2 aromatic carbocycles. The van der Waals surface area contributed by atoms with Crippen molar-refractivity contribution in [3.05, 3.63) is 59.7 Å². The molecule has 10 heteroatoms. The normalized spacial score (nSPS) is 13.5. The Morgan fingerprint density at radius 1 is 1.11 bits per heavy atom. The molecular formula is C18H19F5N4O. The van der Waals surface area contributed by atoms with Gasteiger partial charge in [0, 0.05) is 5.56 Å². The zero-order chi connectivity index (χ0) is 20.9. The van der Waals surface area contributed by atoms with Gasteiger partial charge in [-0.1, -0.05) is 18.2 Å². The van der Waals surface area contributed by atoms with E-state index in [2.05, 4.69) is 15.0 Å². The quantitative estimate of drug-likeness (QED) is 0.437. The smallest absolute Gasteiger partial charge is 0.404 e. The molecule has 5 nitrogen and oxygen atoms in total. The predicted octanol–water partition coefficient (Wildman–Crippen LogP) is 3.89. The van der Waals surface area contributed by atoms with Crippen LogP contribution in [0.3, 0.4) is 0 Å². The highest BCUT2D eigenvalue weighted by Gasteiger charge is 2.32. The lowest BCUT2D eigenvalue weighted by molar-refractivity contribution is -0.274. The lowest BCUT2D eigenvalue weighted by Gasteiger charge is -2.24. The van der Waals surface area contributed by atoms with Gasteiger partial charge in [-0.15, -0.1) is 13.2 Å². The zero-order valence-corrected chi connectivity index (χ0v) is 15.1. The van der Waals surface area contributed by atoms with Gasteiger partial charge in [0.25, 0.3) is 0 Å². The lowest BCUT2D eigenvalue weighted by atomic mass is 10.0. The van der Waals surface area contributed by atoms with Crippen LogP contribution in [-0.2, 0) is 0 Å². The number of ether oxygens (including phenoxy) is 1. The number of anilines is 1. The summed E-state index contributed by atoms with van der Waals surface area (Å²) >= 11 is 0. The number of hydrogen-bond donors (Lipinski definition) is 2. The Labute approximate surface area is 158 Å². The highest BCUT2D eigenvalue weighted by atomic mass is 19.4. The van der Waals surface area contributed by atoms with E-state index in [-0.39, 0.29) is 23.8 Å². The maximum absolute atomic E-state index is 14.1. The van der Waals surface area contributed by atoms with E-state index < -0.39 is 29.8 Å². The van der Waals surface area contributed by atoms with Gasteiger partial charge in [-0.3, -0.25) is 4.99 Å². The Bertz CT molecular complexity index is 819. The second kappa shape index (κ2) is 8.87. The van der Waals surface area contributed by atoms with E-state index in [1.54, 1.807) is 19.0 Å². The van der Waals surface area contributed by atoms with Crippen molar-refractivity contribution in [2.75, 3.05) is 26.0 Å². The molecule has 0 saturated heterocycles. The Hall–Kier alpha value is -2.88. The van der Waals surface area contributed by atoms with Gasteiger partial charge in [-0.2, -0.15) is 0 Å². The molecule has 2 rings (SSSR count). The van der Waals surface area contributed by atoms with E-state index in [1.807, 2.05) is 0 Å². The standard InChI is InChI=1S/C18H19F5N4O/c1-27(2)14(16-11(19)6-5-7-12(16)20)10-25-17(24)26-13-8-3-4-9-15(13)28-18(21,22)23/h3-9,14H,10H2,1-2H3,(H3,24,25,26). The zero-order valence-electron chi connectivity index (χ0n) is 15.1. The third-order valence-corrected chi connectivity index (χ3v) is 3.77. The van der Waals surface area contributed by atoms with Crippen molar-refractivity contribution in [2.45, 2.75) is 12.4 Å². The van der Waals surface area contributed by atoms with Crippen molar-refractivity contribution < 1.29 is 26.7 Å². The fourth-order valence-electron chi connectivity index (χ4n) is 2.49. The molecule has 0 bridgehead atoms. The molecule has 0 aliphatic heterocycles. The van der Waals surface area contributed by atoms with E-state index in [0.29, 0.717) is 0 Å². The third-order valence-electron chi connectivity index (χ3n) is 3.77. The van der Waals surface area contributed by atoms with Gasteiger partial charge in [0.05, 0.1) is 18.3 Å². The van der Waals surface area contributed by atoms with Gasteiger partial charge < -0.3 is 20.7 Å². The van der Waals surface area contributed by atoms with E-state index in [1.165, 1.54) is 24.3 Å². The molecule has 0 radical (unpaired) electrons. The average Bonchev–Trinajstić information content (AvgIpc) is 2.57. The Morgan fingerprint density at radius 3 is 2.29 bits per heavy atom. The number of guanidine groups is 1. The molecule has 1 atom stereocenters. The number of nitrogens with one attached hydrogen (secondary N) is 1. The van der Waals surface area contributed by atoms with Gasteiger partial charge in [-0.25, -0.2) is 8.78 Å². The molecule has 1 unspecified atom stereocenters. The monoisotopic (exact) mass is 402 g/mol. The van der Waals surface area contributed by atoms with Gasteiger partial charge in [0.15, 0.2) is 11.7 Å². The van der Waals surface area contributed by atoms with Crippen LogP contribution in [0.4, 0.5) is 27.6 Å². The molecule has 0 aromatic heterocycles. The molecule has 0 amide bonds. The number of alkyl halides is 3. The van der Waals surface area contributed by atoms with Crippen LogP contribution in [0.25, 0.3) is 0 Å². The SMILES string of the molecule is CN(C)C(CN=C(N)Nc1ccccc1OC(F)(F)F)c1c(F)cccc1F. The third kappa shape index (κ3) is 5.81. The van der Waals surface area contributed by atoms with Crippen LogP contribution in [-0.4, -0.2) is 37.9 Å². The molecule has 0 fully saturated rings. The van der Waals surface area contributed by atoms with Crippen molar-refractivity contribution in [2.24, 2.45) is 10.7 Å². The summed E-state index contributed by atoms with van der Waals surface area (Å²) in [5.41, 5.74) is 5.51. The Kier molecular flexibility index (Phi) is 6.79. The fourth-order valence-corrected chi connectivity index (χ4v) is 2.49. The number of nitrogens with two attached hydrogens (primary N) is 1. The summed E-state index contributed by atoms with van der Waals surface area (Å²) in [5.74, 6) is -2.19. The minimum absolute atomic E-state index is 0.0560. The number of rotatable bonds is 6. The first-order valence-corrected chi connectivity index (χ1v) is 8.10. The van der Waals surface area contributed by atoms with Crippen molar-refractivity contribution in [3.8, 4) is 5.75 Å². The summed E-state index contributed by atoms with van der Waals surface area (Å²) in [6, 6.07) is 8.01. The lowest BCUT2D eigenvalue weighted by Crippen LogP contribution is -2.28. The summed E-state index contributed by atoms with van der Waals surface area (Å²) in [5, 5.41) is 2.50. The summed E-state index contributed by atoms with van der Waals surface area (Å²) in [7, 11) is 3.23. The molecule has 2 aromatic rings. The van der Waals surface area contributed by atoms with Crippen LogP contribution in [0.2, 0.25) is 0 Å². The minimum Gasteiger partial charge on any atom is -0.404 e. The van der Waals surface area contributed by atoms with Crippen molar-refractivity contribution >= 4 is 11.6 Å². The van der Waals surface area contributed by atoms with Crippen LogP contribution >= 0.6 is 0 Å². The maximum atomic E-state index is 14.1. The van der Waals surface area contributed by atoms with Crippen LogP contribution in [0.5, 0.6) is 5.75 Å². The van der Waals surface area contributed by atoms with Crippen LogP contribution in [0, 0.1) is 11.6 Å². The predicted molar refractivity (Wildman–Crippen MR) is 96.0 cm³/mol. The second-order valence-corrected chi connectivity index (χ2v) is 6.01. The van der Waals surface area contributed by atoms with Crippen molar-refractivity contribution in [1.82, 2.24) is 4.90 Å². The van der Waals surface area contributed by atoms with Crippen LogP contribution in [0.15, 0.2) is 47.5 Å². The maximum Gasteiger partial charge on any atom is 0.573 e. The molecule has 0 saturated carbocycles. The Morgan fingerprint density at radius 2 is 1.71 bits per heavy atom. The van der Waals surface area contributed by atoms with Crippen molar-refractivity contribution in [3.63, 3.8) is 0 Å². The molecule has 152 valence electrons. The largest absolute Gasteiger partial charge is 0.573 e. The van der Waals surface area contributed by atoms with E-state index >= 15 is 0 Å². The highest BCUT2D eigenvalue weighted by molar-refractivity contribution is 5.93. The minimum atomic E-state index is -4.87. The topological polar surface area (TPSA) is 62.9 Å². The Balaban J connectivity index is 2.20. The number of halogens is 5. The van der Waals surface area contributed by atoms with Crippen molar-refractivity contribution in [1.29, 1.82) is 0 Å².